The van der Waals surface area contributed by atoms with Gasteiger partial charge in [-0.1, -0.05) is 0 Å². The molecule has 112 valence electrons. The number of hydrogen-bond donors (Lipinski definition) is 2. The van der Waals surface area contributed by atoms with Crippen molar-refractivity contribution in [2.24, 2.45) is 5.10 Å². The van der Waals surface area contributed by atoms with E-state index < -0.39 is 0 Å². The van der Waals surface area contributed by atoms with Gasteiger partial charge in [-0.25, -0.2) is 10.4 Å². The predicted octanol–water partition coefficient (Wildman–Crippen LogP) is 1.13. The predicted molar refractivity (Wildman–Crippen MR) is 81.2 cm³/mol. The summed E-state index contributed by atoms with van der Waals surface area (Å²) in [4.78, 5) is 29.4. The van der Waals surface area contributed by atoms with Gasteiger partial charge in [-0.05, 0) is 26.0 Å². The highest BCUT2D eigenvalue weighted by Gasteiger charge is 2.18. The lowest BCUT2D eigenvalue weighted by molar-refractivity contribution is -0.121. The average molecular weight is 289 g/mol. The zero-order chi connectivity index (χ0) is 15.2. The lowest BCUT2D eigenvalue weighted by Gasteiger charge is -2.19. The highest BCUT2D eigenvalue weighted by molar-refractivity contribution is 6.43. The first-order valence-corrected chi connectivity index (χ1v) is 7.01. The van der Waals surface area contributed by atoms with Crippen molar-refractivity contribution in [2.75, 3.05) is 23.3 Å². The second kappa shape index (κ2) is 6.83. The summed E-state index contributed by atoms with van der Waals surface area (Å²) >= 11 is 0. The number of nitrogens with one attached hydrogen (secondary N) is 2. The molecule has 0 radical (unpaired) electrons. The largest absolute Gasteiger partial charge is 0.357 e. The lowest BCUT2D eigenvalue weighted by atomic mass is 10.1. The number of anilines is 2. The van der Waals surface area contributed by atoms with Gasteiger partial charge < -0.3 is 10.2 Å². The fraction of sp³-hybridized carbons (Fsp3) is 0.429. The van der Waals surface area contributed by atoms with Crippen LogP contribution in [0, 0.1) is 0 Å². The molecule has 0 aliphatic carbocycles. The molecule has 1 aliphatic heterocycles. The molecular weight excluding hydrogens is 270 g/mol. The zero-order valence-electron chi connectivity index (χ0n) is 12.2. The van der Waals surface area contributed by atoms with Crippen LogP contribution in [0.2, 0.25) is 0 Å². The van der Waals surface area contributed by atoms with Crippen molar-refractivity contribution in [1.82, 2.24) is 10.4 Å². The zero-order valence-corrected chi connectivity index (χ0v) is 12.2. The van der Waals surface area contributed by atoms with E-state index in [1.807, 2.05) is 6.07 Å². The van der Waals surface area contributed by atoms with Crippen molar-refractivity contribution in [3.05, 3.63) is 18.3 Å². The van der Waals surface area contributed by atoms with Gasteiger partial charge in [-0.15, -0.1) is 0 Å². The van der Waals surface area contributed by atoms with Gasteiger partial charge in [-0.2, -0.15) is 5.10 Å². The van der Waals surface area contributed by atoms with E-state index in [4.69, 9.17) is 0 Å². The molecule has 2 rings (SSSR count). The van der Waals surface area contributed by atoms with Crippen molar-refractivity contribution >= 4 is 29.0 Å². The number of carbonyl (C=O) groups is 2. The van der Waals surface area contributed by atoms with Crippen molar-refractivity contribution in [2.45, 2.75) is 26.7 Å². The van der Waals surface area contributed by atoms with E-state index in [-0.39, 0.29) is 18.2 Å². The highest BCUT2D eigenvalue weighted by Crippen LogP contribution is 2.14. The second-order valence-corrected chi connectivity index (χ2v) is 4.62. The van der Waals surface area contributed by atoms with Crippen LogP contribution in [0.1, 0.15) is 26.7 Å². The normalized spacial score (nSPS) is 14.2. The van der Waals surface area contributed by atoms with Crippen LogP contribution < -0.4 is 15.6 Å². The van der Waals surface area contributed by atoms with Crippen LogP contribution in [0.25, 0.3) is 0 Å². The molecule has 0 bridgehead atoms. The third-order valence-corrected chi connectivity index (χ3v) is 3.26. The standard InChI is InChI=1S/C14H19N5O2/c1-3-19(4-2)12-7-5-10(9-15-12)16-14(21)11-6-8-13(20)18-17-11/h5,7,9H,3-4,6,8H2,1-2H3,(H,16,21)(H,18,20). The molecule has 1 aromatic heterocycles. The van der Waals surface area contributed by atoms with Crippen LogP contribution in [0.15, 0.2) is 23.4 Å². The van der Waals surface area contributed by atoms with Crippen LogP contribution in [0.4, 0.5) is 11.5 Å². The molecule has 0 saturated carbocycles. The first-order valence-electron chi connectivity index (χ1n) is 7.01. The summed E-state index contributed by atoms with van der Waals surface area (Å²) in [6, 6.07) is 3.67. The number of rotatable bonds is 5. The molecule has 2 amide bonds. The Labute approximate surface area is 123 Å². The molecule has 0 atom stereocenters. The molecule has 2 N–H and O–H groups in total. The number of aromatic nitrogens is 1. The van der Waals surface area contributed by atoms with E-state index in [0.717, 1.165) is 18.9 Å². The van der Waals surface area contributed by atoms with Gasteiger partial charge >= 0.3 is 0 Å². The molecule has 0 fully saturated rings. The fourth-order valence-corrected chi connectivity index (χ4v) is 2.04. The number of nitrogens with zero attached hydrogens (tertiary/aromatic N) is 3. The Morgan fingerprint density at radius 3 is 2.62 bits per heavy atom. The highest BCUT2D eigenvalue weighted by atomic mass is 16.2. The van der Waals surface area contributed by atoms with Gasteiger partial charge in [0.25, 0.3) is 5.91 Å². The van der Waals surface area contributed by atoms with Crippen molar-refractivity contribution in [3.8, 4) is 0 Å². The second-order valence-electron chi connectivity index (χ2n) is 4.62. The molecule has 0 unspecified atom stereocenters. The Kier molecular flexibility index (Phi) is 4.86. The third kappa shape index (κ3) is 3.77. The summed E-state index contributed by atoms with van der Waals surface area (Å²) in [5, 5.41) is 6.48. The Morgan fingerprint density at radius 1 is 1.33 bits per heavy atom. The van der Waals surface area contributed by atoms with Gasteiger partial charge in [-0.3, -0.25) is 9.59 Å². The van der Waals surface area contributed by atoms with E-state index in [2.05, 4.69) is 39.6 Å². The van der Waals surface area contributed by atoms with Crippen LogP contribution in [0.5, 0.6) is 0 Å². The summed E-state index contributed by atoms with van der Waals surface area (Å²) < 4.78 is 0. The first-order chi connectivity index (χ1) is 10.1. The Bertz CT molecular complexity index is 549. The molecule has 1 aliphatic rings. The maximum Gasteiger partial charge on any atom is 0.271 e. The summed E-state index contributed by atoms with van der Waals surface area (Å²) in [6.45, 7) is 5.89. The smallest absolute Gasteiger partial charge is 0.271 e. The van der Waals surface area contributed by atoms with Crippen LogP contribution in [0.3, 0.4) is 0 Å². The summed E-state index contributed by atoms with van der Waals surface area (Å²) in [7, 11) is 0. The minimum atomic E-state index is -0.313. The Hall–Kier alpha value is -2.44. The van der Waals surface area contributed by atoms with Gasteiger partial charge in [0.05, 0.1) is 11.9 Å². The van der Waals surface area contributed by atoms with Crippen LogP contribution in [-0.4, -0.2) is 35.6 Å². The monoisotopic (exact) mass is 289 g/mol. The van der Waals surface area contributed by atoms with E-state index >= 15 is 0 Å². The first kappa shape index (κ1) is 15.0. The van der Waals surface area contributed by atoms with Crippen LogP contribution in [-0.2, 0) is 9.59 Å². The number of pyridine rings is 1. The topological polar surface area (TPSA) is 86.7 Å². The van der Waals surface area contributed by atoms with Gasteiger partial charge in [0.1, 0.15) is 11.5 Å². The summed E-state index contributed by atoms with van der Waals surface area (Å²) in [5.41, 5.74) is 3.23. The maximum atomic E-state index is 12.0. The molecule has 0 saturated heterocycles. The molecule has 2 heterocycles. The van der Waals surface area contributed by atoms with Crippen LogP contribution >= 0.6 is 0 Å². The van der Waals surface area contributed by atoms with Gasteiger partial charge in [0, 0.05) is 25.9 Å². The molecule has 1 aromatic rings. The van der Waals surface area contributed by atoms with E-state index in [0.29, 0.717) is 17.8 Å². The van der Waals surface area contributed by atoms with E-state index in [1.165, 1.54) is 0 Å². The molecular formula is C14H19N5O2. The average Bonchev–Trinajstić information content (AvgIpc) is 2.51. The van der Waals surface area contributed by atoms with Crippen molar-refractivity contribution in [3.63, 3.8) is 0 Å². The minimum absolute atomic E-state index is 0.170. The maximum absolute atomic E-state index is 12.0. The molecule has 21 heavy (non-hydrogen) atoms. The number of hydrogen-bond acceptors (Lipinski definition) is 5. The lowest BCUT2D eigenvalue weighted by Crippen LogP contribution is -2.32. The van der Waals surface area contributed by atoms with Gasteiger partial charge in [0.15, 0.2) is 0 Å². The summed E-state index contributed by atoms with van der Waals surface area (Å²) in [6.07, 6.45) is 2.25. The molecule has 7 heteroatoms. The number of hydrazone groups is 1. The Morgan fingerprint density at radius 2 is 2.10 bits per heavy atom. The van der Waals surface area contributed by atoms with Crippen molar-refractivity contribution in [1.29, 1.82) is 0 Å². The van der Waals surface area contributed by atoms with E-state index in [9.17, 15) is 9.59 Å². The number of amides is 2. The third-order valence-electron chi connectivity index (χ3n) is 3.26. The fourth-order valence-electron chi connectivity index (χ4n) is 2.04. The quantitative estimate of drug-likeness (QED) is 0.850. The SMILES string of the molecule is CCN(CC)c1ccc(NC(=O)C2=NNC(=O)CC2)cn1. The van der Waals surface area contributed by atoms with Gasteiger partial charge in [0.2, 0.25) is 5.91 Å². The summed E-state index contributed by atoms with van der Waals surface area (Å²) in [5.74, 6) is 0.393. The molecule has 0 spiro atoms. The van der Waals surface area contributed by atoms with E-state index in [1.54, 1.807) is 12.3 Å². The van der Waals surface area contributed by atoms with Crippen molar-refractivity contribution < 1.29 is 9.59 Å². The molecule has 0 aromatic carbocycles. The minimum Gasteiger partial charge on any atom is -0.357 e. The molecule has 7 nitrogen and oxygen atoms in total. The Balaban J connectivity index is 2.00. The number of carbonyl (C=O) groups excluding carboxylic acids is 2.